The third-order valence-electron chi connectivity index (χ3n) is 5.86. The van der Waals surface area contributed by atoms with Crippen molar-refractivity contribution in [3.05, 3.63) is 0 Å². The van der Waals surface area contributed by atoms with Gasteiger partial charge in [-0.15, -0.1) is 0 Å². The van der Waals surface area contributed by atoms with Crippen LogP contribution >= 0.6 is 0 Å². The van der Waals surface area contributed by atoms with E-state index in [1.165, 1.54) is 44.9 Å². The molecule has 2 saturated carbocycles. The van der Waals surface area contributed by atoms with Crippen molar-refractivity contribution in [2.45, 2.75) is 70.5 Å². The van der Waals surface area contributed by atoms with Crippen LogP contribution in [0.15, 0.2) is 0 Å². The molecule has 124 valence electrons. The fourth-order valence-electron chi connectivity index (χ4n) is 4.45. The molecule has 0 heterocycles. The van der Waals surface area contributed by atoms with Crippen LogP contribution in [0.25, 0.3) is 0 Å². The molecule has 2 rings (SSSR count). The second-order valence-electron chi connectivity index (χ2n) is 6.95. The highest BCUT2D eigenvalue weighted by atomic mass is 16.7. The Kier molecular flexibility index (Phi) is 6.97. The van der Waals surface area contributed by atoms with E-state index in [0.29, 0.717) is 0 Å². The van der Waals surface area contributed by atoms with Crippen molar-refractivity contribution in [1.29, 1.82) is 0 Å². The fraction of sp³-hybridized carbons (Fsp3) is 1.00. The standard InChI is InChI=1S/C18H34O3/c1-4-21-18(20-3)12-9-17(10-13-18)16-7-5-15(6-8-16)11-14-19-2/h15-17H,4-14H2,1-3H3. The smallest absolute Gasteiger partial charge is 0.167 e. The lowest BCUT2D eigenvalue weighted by Gasteiger charge is -2.42. The van der Waals surface area contributed by atoms with E-state index >= 15 is 0 Å². The zero-order valence-corrected chi connectivity index (χ0v) is 14.2. The first-order valence-corrected chi connectivity index (χ1v) is 8.91. The molecule has 0 saturated heterocycles. The molecule has 2 aliphatic carbocycles. The van der Waals surface area contributed by atoms with Crippen molar-refractivity contribution in [3.63, 3.8) is 0 Å². The Bertz CT molecular complexity index is 276. The van der Waals surface area contributed by atoms with E-state index in [0.717, 1.165) is 43.8 Å². The van der Waals surface area contributed by atoms with E-state index in [-0.39, 0.29) is 5.79 Å². The number of rotatable bonds is 7. The lowest BCUT2D eigenvalue weighted by molar-refractivity contribution is -0.242. The monoisotopic (exact) mass is 298 g/mol. The number of hydrogen-bond donors (Lipinski definition) is 0. The highest BCUT2D eigenvalue weighted by Gasteiger charge is 2.39. The molecule has 0 aromatic carbocycles. The lowest BCUT2D eigenvalue weighted by atomic mass is 9.69. The maximum absolute atomic E-state index is 5.88. The molecule has 0 amide bonds. The maximum Gasteiger partial charge on any atom is 0.167 e. The minimum Gasteiger partial charge on any atom is -0.385 e. The van der Waals surface area contributed by atoms with Gasteiger partial charge in [-0.05, 0) is 56.8 Å². The molecule has 2 fully saturated rings. The Labute approximate surface area is 130 Å². The van der Waals surface area contributed by atoms with Crippen molar-refractivity contribution in [2.24, 2.45) is 17.8 Å². The van der Waals surface area contributed by atoms with Crippen molar-refractivity contribution in [1.82, 2.24) is 0 Å². The average molecular weight is 298 g/mol. The fourth-order valence-corrected chi connectivity index (χ4v) is 4.45. The minimum atomic E-state index is -0.277. The minimum absolute atomic E-state index is 0.277. The van der Waals surface area contributed by atoms with Crippen molar-refractivity contribution in [3.8, 4) is 0 Å². The largest absolute Gasteiger partial charge is 0.385 e. The Balaban J connectivity index is 1.73. The first-order valence-electron chi connectivity index (χ1n) is 8.91. The van der Waals surface area contributed by atoms with Gasteiger partial charge in [0.2, 0.25) is 0 Å². The zero-order chi connectivity index (χ0) is 15.1. The van der Waals surface area contributed by atoms with Crippen LogP contribution in [0, 0.1) is 17.8 Å². The molecular formula is C18H34O3. The molecule has 0 radical (unpaired) electrons. The van der Waals surface area contributed by atoms with Gasteiger partial charge in [0.05, 0.1) is 0 Å². The maximum atomic E-state index is 5.88. The van der Waals surface area contributed by atoms with E-state index < -0.39 is 0 Å². The molecule has 0 N–H and O–H groups in total. The molecule has 3 nitrogen and oxygen atoms in total. The molecule has 2 aliphatic rings. The van der Waals surface area contributed by atoms with Gasteiger partial charge >= 0.3 is 0 Å². The highest BCUT2D eigenvalue weighted by Crippen LogP contribution is 2.44. The van der Waals surface area contributed by atoms with Crippen LogP contribution in [0.5, 0.6) is 0 Å². The number of ether oxygens (including phenoxy) is 3. The average Bonchev–Trinajstić information content (AvgIpc) is 2.54. The summed E-state index contributed by atoms with van der Waals surface area (Å²) in [6.45, 7) is 3.75. The third-order valence-corrected chi connectivity index (χ3v) is 5.86. The summed E-state index contributed by atoms with van der Waals surface area (Å²) in [6, 6.07) is 0. The molecule has 0 bridgehead atoms. The van der Waals surface area contributed by atoms with Crippen LogP contribution in [0.2, 0.25) is 0 Å². The Hall–Kier alpha value is -0.120. The predicted molar refractivity (Wildman–Crippen MR) is 85.3 cm³/mol. The second kappa shape index (κ2) is 8.50. The summed E-state index contributed by atoms with van der Waals surface area (Å²) in [5.41, 5.74) is 0. The SMILES string of the molecule is CCOC1(OC)CCC(C2CCC(CCOC)CC2)CC1. The van der Waals surface area contributed by atoms with E-state index in [9.17, 15) is 0 Å². The summed E-state index contributed by atoms with van der Waals surface area (Å²) in [5, 5.41) is 0. The van der Waals surface area contributed by atoms with Gasteiger partial charge in [-0.25, -0.2) is 0 Å². The Morgan fingerprint density at radius 1 is 0.905 bits per heavy atom. The van der Waals surface area contributed by atoms with Crippen LogP contribution in [-0.2, 0) is 14.2 Å². The van der Waals surface area contributed by atoms with Crippen LogP contribution in [-0.4, -0.2) is 33.2 Å². The van der Waals surface area contributed by atoms with Gasteiger partial charge in [0, 0.05) is 40.3 Å². The van der Waals surface area contributed by atoms with Crippen molar-refractivity contribution in [2.75, 3.05) is 27.4 Å². The lowest BCUT2D eigenvalue weighted by Crippen LogP contribution is -2.40. The van der Waals surface area contributed by atoms with Crippen LogP contribution in [0.4, 0.5) is 0 Å². The second-order valence-corrected chi connectivity index (χ2v) is 6.95. The van der Waals surface area contributed by atoms with Gasteiger partial charge in [0.15, 0.2) is 5.79 Å². The van der Waals surface area contributed by atoms with Gasteiger partial charge in [-0.1, -0.05) is 12.8 Å². The molecule has 0 aromatic heterocycles. The van der Waals surface area contributed by atoms with E-state index in [2.05, 4.69) is 6.92 Å². The molecular weight excluding hydrogens is 264 g/mol. The summed E-state index contributed by atoms with van der Waals surface area (Å²) >= 11 is 0. The molecule has 21 heavy (non-hydrogen) atoms. The van der Waals surface area contributed by atoms with E-state index in [4.69, 9.17) is 14.2 Å². The van der Waals surface area contributed by atoms with Crippen molar-refractivity contribution >= 4 is 0 Å². The summed E-state index contributed by atoms with van der Waals surface area (Å²) < 4.78 is 16.8. The first kappa shape index (κ1) is 17.2. The summed E-state index contributed by atoms with van der Waals surface area (Å²) in [5.74, 6) is 2.48. The van der Waals surface area contributed by atoms with Crippen LogP contribution in [0.3, 0.4) is 0 Å². The Morgan fingerprint density at radius 2 is 1.52 bits per heavy atom. The van der Waals surface area contributed by atoms with Gasteiger partial charge in [-0.3, -0.25) is 0 Å². The molecule has 0 unspecified atom stereocenters. The Morgan fingerprint density at radius 3 is 2.05 bits per heavy atom. The molecule has 0 aliphatic heterocycles. The molecule has 0 aromatic rings. The van der Waals surface area contributed by atoms with Crippen LogP contribution in [0.1, 0.15) is 64.7 Å². The summed E-state index contributed by atoms with van der Waals surface area (Å²) in [6.07, 6.45) is 11.6. The molecule has 0 atom stereocenters. The van der Waals surface area contributed by atoms with Gasteiger partial charge in [0.1, 0.15) is 0 Å². The summed E-state index contributed by atoms with van der Waals surface area (Å²) in [7, 11) is 3.62. The van der Waals surface area contributed by atoms with E-state index in [1.54, 1.807) is 7.11 Å². The number of methoxy groups -OCH3 is 2. The topological polar surface area (TPSA) is 27.7 Å². The number of hydrogen-bond acceptors (Lipinski definition) is 3. The van der Waals surface area contributed by atoms with Gasteiger partial charge in [-0.2, -0.15) is 0 Å². The van der Waals surface area contributed by atoms with Gasteiger partial charge < -0.3 is 14.2 Å². The molecule has 3 heteroatoms. The predicted octanol–water partition coefficient (Wildman–Crippen LogP) is 4.40. The normalized spacial score (nSPS) is 37.6. The van der Waals surface area contributed by atoms with Gasteiger partial charge in [0.25, 0.3) is 0 Å². The molecule has 0 spiro atoms. The quantitative estimate of drug-likeness (QED) is 0.652. The first-order chi connectivity index (χ1) is 10.2. The van der Waals surface area contributed by atoms with E-state index in [1.807, 2.05) is 7.11 Å². The zero-order valence-electron chi connectivity index (χ0n) is 14.2. The summed E-state index contributed by atoms with van der Waals surface area (Å²) in [4.78, 5) is 0. The third kappa shape index (κ3) is 4.67. The van der Waals surface area contributed by atoms with Crippen LogP contribution < -0.4 is 0 Å². The highest BCUT2D eigenvalue weighted by molar-refractivity contribution is 4.85. The van der Waals surface area contributed by atoms with Crippen molar-refractivity contribution < 1.29 is 14.2 Å².